The first-order valence-corrected chi connectivity index (χ1v) is 10.4. The number of nitrogens with zero attached hydrogens (tertiary/aromatic N) is 2. The molecule has 0 spiro atoms. The predicted molar refractivity (Wildman–Crippen MR) is 116 cm³/mol. The summed E-state index contributed by atoms with van der Waals surface area (Å²) in [5.74, 6) is 0.703. The maximum absolute atomic E-state index is 13.5. The Morgan fingerprint density at radius 2 is 1.90 bits per heavy atom. The van der Waals surface area contributed by atoms with E-state index in [9.17, 15) is 4.79 Å². The first-order chi connectivity index (χ1) is 14.1. The number of fused-ring (bicyclic) bond motifs is 1. The van der Waals surface area contributed by atoms with Crippen molar-refractivity contribution >= 4 is 16.8 Å². The van der Waals surface area contributed by atoms with Crippen molar-refractivity contribution in [2.75, 3.05) is 19.7 Å². The lowest BCUT2D eigenvalue weighted by molar-refractivity contribution is 0.0288. The van der Waals surface area contributed by atoms with Gasteiger partial charge in [-0.3, -0.25) is 9.69 Å². The summed E-state index contributed by atoms with van der Waals surface area (Å²) in [6.07, 6.45) is 1.89. The SMILES string of the molecule is CCOc1cc2[nH]ccc2cc1C(=O)N1C[C@H](C)N(Cc2ccccc2)C[C@H]1C. The third-order valence-corrected chi connectivity index (χ3v) is 5.79. The van der Waals surface area contributed by atoms with Crippen molar-refractivity contribution in [3.63, 3.8) is 0 Å². The third-order valence-electron chi connectivity index (χ3n) is 5.79. The Hall–Kier alpha value is -2.79. The molecule has 0 saturated carbocycles. The summed E-state index contributed by atoms with van der Waals surface area (Å²) in [6.45, 7) is 9.30. The molecule has 29 heavy (non-hydrogen) atoms. The number of nitrogens with one attached hydrogen (secondary N) is 1. The van der Waals surface area contributed by atoms with Gasteiger partial charge in [0.1, 0.15) is 5.75 Å². The van der Waals surface area contributed by atoms with Crippen LogP contribution in [0.4, 0.5) is 0 Å². The van der Waals surface area contributed by atoms with E-state index in [1.165, 1.54) is 5.56 Å². The Bertz CT molecular complexity index is 982. The monoisotopic (exact) mass is 391 g/mol. The number of H-pyrrole nitrogens is 1. The van der Waals surface area contributed by atoms with Crippen molar-refractivity contribution in [3.05, 3.63) is 65.9 Å². The van der Waals surface area contributed by atoms with Gasteiger partial charge in [0.15, 0.2) is 0 Å². The van der Waals surface area contributed by atoms with E-state index in [2.05, 4.69) is 48.0 Å². The standard InChI is InChI=1S/C24H29N3O2/c1-4-29-23-13-22-20(10-11-25-22)12-21(23)24(28)27-15-17(2)26(14-18(27)3)16-19-8-6-5-7-9-19/h5-13,17-18,25H,4,14-16H2,1-3H3/t17-,18+/m0/s1. The highest BCUT2D eigenvalue weighted by Crippen LogP contribution is 2.29. The van der Waals surface area contributed by atoms with E-state index in [1.54, 1.807) is 0 Å². The molecule has 1 saturated heterocycles. The average molecular weight is 392 g/mol. The molecule has 1 aliphatic rings. The van der Waals surface area contributed by atoms with E-state index in [1.807, 2.05) is 42.3 Å². The predicted octanol–water partition coefficient (Wildman–Crippen LogP) is 4.30. The van der Waals surface area contributed by atoms with Crippen molar-refractivity contribution in [3.8, 4) is 5.75 Å². The van der Waals surface area contributed by atoms with Crippen LogP contribution in [0.2, 0.25) is 0 Å². The van der Waals surface area contributed by atoms with Crippen LogP contribution in [0.25, 0.3) is 10.9 Å². The highest BCUT2D eigenvalue weighted by atomic mass is 16.5. The highest BCUT2D eigenvalue weighted by molar-refractivity contribution is 6.01. The number of amides is 1. The average Bonchev–Trinajstić information content (AvgIpc) is 3.18. The number of carbonyl (C=O) groups is 1. The second-order valence-corrected chi connectivity index (χ2v) is 7.92. The van der Waals surface area contributed by atoms with Crippen molar-refractivity contribution in [2.45, 2.75) is 39.4 Å². The molecular weight excluding hydrogens is 362 g/mol. The Kier molecular flexibility index (Phi) is 5.58. The first-order valence-electron chi connectivity index (χ1n) is 10.4. The minimum absolute atomic E-state index is 0.0512. The minimum atomic E-state index is 0.0512. The Morgan fingerprint density at radius 1 is 1.10 bits per heavy atom. The van der Waals surface area contributed by atoms with Crippen molar-refractivity contribution in [2.24, 2.45) is 0 Å². The fourth-order valence-corrected chi connectivity index (χ4v) is 4.20. The summed E-state index contributed by atoms with van der Waals surface area (Å²) in [5.41, 5.74) is 2.94. The van der Waals surface area contributed by atoms with Crippen LogP contribution >= 0.6 is 0 Å². The zero-order valence-electron chi connectivity index (χ0n) is 17.4. The molecular formula is C24H29N3O2. The number of ether oxygens (including phenoxy) is 1. The van der Waals surface area contributed by atoms with Crippen LogP contribution in [0, 0.1) is 0 Å². The molecule has 0 radical (unpaired) electrons. The van der Waals surface area contributed by atoms with E-state index in [0.717, 1.165) is 24.0 Å². The molecule has 1 amide bonds. The lowest BCUT2D eigenvalue weighted by Crippen LogP contribution is -2.57. The smallest absolute Gasteiger partial charge is 0.257 e. The van der Waals surface area contributed by atoms with Gasteiger partial charge in [0.05, 0.1) is 12.2 Å². The molecule has 4 rings (SSSR count). The molecule has 152 valence electrons. The molecule has 1 aromatic heterocycles. The van der Waals surface area contributed by atoms with Crippen molar-refractivity contribution in [1.82, 2.24) is 14.8 Å². The van der Waals surface area contributed by atoms with Gasteiger partial charge >= 0.3 is 0 Å². The van der Waals surface area contributed by atoms with Gasteiger partial charge < -0.3 is 14.6 Å². The molecule has 0 aliphatic carbocycles. The largest absolute Gasteiger partial charge is 0.493 e. The molecule has 0 unspecified atom stereocenters. The van der Waals surface area contributed by atoms with Gasteiger partial charge in [-0.05, 0) is 38.5 Å². The topological polar surface area (TPSA) is 48.6 Å². The van der Waals surface area contributed by atoms with Crippen molar-refractivity contribution < 1.29 is 9.53 Å². The lowest BCUT2D eigenvalue weighted by Gasteiger charge is -2.44. The van der Waals surface area contributed by atoms with Gasteiger partial charge in [-0.15, -0.1) is 0 Å². The van der Waals surface area contributed by atoms with E-state index in [-0.39, 0.29) is 11.9 Å². The number of hydrogen-bond donors (Lipinski definition) is 1. The number of benzene rings is 2. The van der Waals surface area contributed by atoms with Crippen LogP contribution in [0.15, 0.2) is 54.7 Å². The molecule has 0 bridgehead atoms. The molecule has 1 aliphatic heterocycles. The van der Waals surface area contributed by atoms with Crippen LogP contribution in [0.1, 0.15) is 36.7 Å². The number of carbonyl (C=O) groups excluding carboxylic acids is 1. The van der Waals surface area contributed by atoms with Gasteiger partial charge in [-0.1, -0.05) is 30.3 Å². The summed E-state index contributed by atoms with van der Waals surface area (Å²) in [6, 6.07) is 16.8. The lowest BCUT2D eigenvalue weighted by atomic mass is 10.0. The van der Waals surface area contributed by atoms with Crippen LogP contribution < -0.4 is 4.74 Å². The highest BCUT2D eigenvalue weighted by Gasteiger charge is 2.33. The van der Waals surface area contributed by atoms with Gasteiger partial charge in [0, 0.05) is 54.9 Å². The minimum Gasteiger partial charge on any atom is -0.493 e. The molecule has 2 aromatic carbocycles. The molecule has 5 heteroatoms. The normalized spacial score (nSPS) is 20.2. The summed E-state index contributed by atoms with van der Waals surface area (Å²) in [4.78, 5) is 21.2. The van der Waals surface area contributed by atoms with Crippen LogP contribution in [-0.2, 0) is 6.54 Å². The maximum Gasteiger partial charge on any atom is 0.257 e. The van der Waals surface area contributed by atoms with E-state index in [0.29, 0.717) is 30.5 Å². The van der Waals surface area contributed by atoms with E-state index < -0.39 is 0 Å². The molecule has 1 N–H and O–H groups in total. The van der Waals surface area contributed by atoms with Gasteiger partial charge in [-0.25, -0.2) is 0 Å². The Labute approximate surface area is 172 Å². The fourth-order valence-electron chi connectivity index (χ4n) is 4.20. The number of aromatic amines is 1. The summed E-state index contributed by atoms with van der Waals surface area (Å²) < 4.78 is 5.81. The van der Waals surface area contributed by atoms with Crippen LogP contribution in [0.3, 0.4) is 0 Å². The van der Waals surface area contributed by atoms with Gasteiger partial charge in [0.2, 0.25) is 0 Å². The zero-order valence-corrected chi connectivity index (χ0v) is 17.4. The summed E-state index contributed by atoms with van der Waals surface area (Å²) >= 11 is 0. The zero-order chi connectivity index (χ0) is 20.4. The van der Waals surface area contributed by atoms with E-state index >= 15 is 0 Å². The second kappa shape index (κ2) is 8.29. The molecule has 2 heterocycles. The third kappa shape index (κ3) is 4.01. The fraction of sp³-hybridized carbons (Fsp3) is 0.375. The second-order valence-electron chi connectivity index (χ2n) is 7.92. The Morgan fingerprint density at radius 3 is 2.66 bits per heavy atom. The number of hydrogen-bond acceptors (Lipinski definition) is 3. The Balaban J connectivity index is 1.55. The van der Waals surface area contributed by atoms with Gasteiger partial charge in [-0.2, -0.15) is 0 Å². The summed E-state index contributed by atoms with van der Waals surface area (Å²) in [7, 11) is 0. The van der Waals surface area contributed by atoms with Gasteiger partial charge in [0.25, 0.3) is 5.91 Å². The van der Waals surface area contributed by atoms with Crippen LogP contribution in [-0.4, -0.2) is 52.5 Å². The number of piperazine rings is 1. The van der Waals surface area contributed by atoms with Crippen molar-refractivity contribution in [1.29, 1.82) is 0 Å². The molecule has 3 aromatic rings. The number of rotatable bonds is 5. The quantitative estimate of drug-likeness (QED) is 0.705. The van der Waals surface area contributed by atoms with Crippen LogP contribution in [0.5, 0.6) is 5.75 Å². The molecule has 2 atom stereocenters. The first kappa shape index (κ1) is 19.5. The molecule has 1 fully saturated rings. The number of aromatic nitrogens is 1. The maximum atomic E-state index is 13.5. The van der Waals surface area contributed by atoms with E-state index in [4.69, 9.17) is 4.74 Å². The summed E-state index contributed by atoms with van der Waals surface area (Å²) in [5, 5.41) is 1.03. The molecule has 5 nitrogen and oxygen atoms in total.